The van der Waals surface area contributed by atoms with Crippen LogP contribution in [-0.2, 0) is 0 Å². The third kappa shape index (κ3) is 3.81. The Morgan fingerprint density at radius 3 is 2.38 bits per heavy atom. The molecule has 2 N–H and O–H groups in total. The normalized spacial score (nSPS) is 19.6. The number of halogens is 1. The van der Waals surface area contributed by atoms with Crippen LogP contribution in [0.3, 0.4) is 0 Å². The van der Waals surface area contributed by atoms with Crippen LogP contribution in [0.1, 0.15) is 53.1 Å². The molecule has 1 amide bonds. The molecule has 2 atom stereocenters. The molecule has 0 radical (unpaired) electrons. The number of fused-ring (bicyclic) bond motifs is 1. The van der Waals surface area contributed by atoms with Crippen LogP contribution >= 0.6 is 0 Å². The number of amides is 1. The molecule has 29 heavy (non-hydrogen) atoms. The number of carbonyl (C=O) groups is 2. The second kappa shape index (κ2) is 7.25. The lowest BCUT2D eigenvalue weighted by molar-refractivity contribution is -0.386. The molecule has 0 aromatic heterocycles. The summed E-state index contributed by atoms with van der Waals surface area (Å²) in [6.45, 7) is 4.31. The number of ether oxygens (including phenoxy) is 1. The fraction of sp³-hybridized carbons (Fsp3) is 0.300. The second-order valence-electron chi connectivity index (χ2n) is 7.34. The minimum absolute atomic E-state index is 0.0481. The van der Waals surface area contributed by atoms with E-state index >= 15 is 0 Å². The summed E-state index contributed by atoms with van der Waals surface area (Å²) in [7, 11) is 0. The minimum atomic E-state index is -1.28. The van der Waals surface area contributed by atoms with Crippen molar-refractivity contribution < 1.29 is 28.7 Å². The van der Waals surface area contributed by atoms with Crippen LogP contribution in [0.15, 0.2) is 36.4 Å². The predicted molar refractivity (Wildman–Crippen MR) is 100 cm³/mol. The van der Waals surface area contributed by atoms with E-state index < -0.39 is 45.9 Å². The summed E-state index contributed by atoms with van der Waals surface area (Å²) in [6, 6.07) is 6.15. The Balaban J connectivity index is 2.12. The highest BCUT2D eigenvalue weighted by molar-refractivity contribution is 5.96. The van der Waals surface area contributed by atoms with Gasteiger partial charge in [-0.05, 0) is 51.1 Å². The van der Waals surface area contributed by atoms with Crippen molar-refractivity contribution in [2.75, 3.05) is 0 Å². The molecule has 0 saturated heterocycles. The van der Waals surface area contributed by atoms with Crippen molar-refractivity contribution in [2.24, 2.45) is 0 Å². The quantitative estimate of drug-likeness (QED) is 0.461. The summed E-state index contributed by atoms with van der Waals surface area (Å²) in [5.41, 5.74) is -1.40. The molecule has 0 bridgehead atoms. The van der Waals surface area contributed by atoms with Crippen LogP contribution in [0.25, 0.3) is 0 Å². The number of aliphatic hydroxyl groups excluding tert-OH is 1. The topological polar surface area (TPSA) is 119 Å². The van der Waals surface area contributed by atoms with Gasteiger partial charge in [0.1, 0.15) is 17.5 Å². The minimum Gasteiger partial charge on any atom is -0.478 e. The summed E-state index contributed by atoms with van der Waals surface area (Å²) < 4.78 is 18.8. The zero-order valence-electron chi connectivity index (χ0n) is 15.9. The van der Waals surface area contributed by atoms with E-state index in [-0.39, 0.29) is 22.4 Å². The van der Waals surface area contributed by atoms with Gasteiger partial charge < -0.3 is 15.2 Å². The molecule has 0 aliphatic carbocycles. The van der Waals surface area contributed by atoms with Crippen molar-refractivity contribution in [3.05, 3.63) is 69.0 Å². The first-order valence-corrected chi connectivity index (χ1v) is 8.78. The van der Waals surface area contributed by atoms with Gasteiger partial charge in [-0.2, -0.15) is 0 Å². The summed E-state index contributed by atoms with van der Waals surface area (Å²) in [4.78, 5) is 35.4. The number of nitrogens with one attached hydrogen (secondary N) is 1. The first-order valence-electron chi connectivity index (χ1n) is 8.78. The van der Waals surface area contributed by atoms with E-state index in [9.17, 15) is 29.2 Å². The van der Waals surface area contributed by atoms with Gasteiger partial charge in [-0.15, -0.1) is 0 Å². The number of nitro groups is 1. The lowest BCUT2D eigenvalue weighted by atomic mass is 9.85. The van der Waals surface area contributed by atoms with Crippen LogP contribution in [0, 0.1) is 15.9 Å². The van der Waals surface area contributed by atoms with E-state index in [4.69, 9.17) is 4.74 Å². The Kier molecular flexibility index (Phi) is 5.10. The third-order valence-corrected chi connectivity index (χ3v) is 4.82. The Morgan fingerprint density at radius 1 is 1.21 bits per heavy atom. The van der Waals surface area contributed by atoms with E-state index in [0.29, 0.717) is 0 Å². The Hall–Kier alpha value is -3.33. The highest BCUT2D eigenvalue weighted by Crippen LogP contribution is 2.45. The van der Waals surface area contributed by atoms with E-state index in [2.05, 4.69) is 5.32 Å². The maximum atomic E-state index is 13.1. The van der Waals surface area contributed by atoms with E-state index in [0.717, 1.165) is 18.2 Å². The van der Waals surface area contributed by atoms with Gasteiger partial charge in [0.15, 0.2) is 5.78 Å². The van der Waals surface area contributed by atoms with Crippen molar-refractivity contribution in [3.8, 4) is 5.75 Å². The number of nitrogens with zero attached hydrogens (tertiary/aromatic N) is 1. The zero-order valence-corrected chi connectivity index (χ0v) is 15.9. The highest BCUT2D eigenvalue weighted by Gasteiger charge is 2.46. The van der Waals surface area contributed by atoms with Crippen molar-refractivity contribution in [1.29, 1.82) is 0 Å². The molecule has 1 heterocycles. The smallest absolute Gasteiger partial charge is 0.312 e. The number of hydrogen-bond acceptors (Lipinski definition) is 6. The second-order valence-corrected chi connectivity index (χ2v) is 7.34. The van der Waals surface area contributed by atoms with Gasteiger partial charge in [-0.3, -0.25) is 19.7 Å². The number of nitro benzene ring substituents is 1. The van der Waals surface area contributed by atoms with Gasteiger partial charge in [-0.25, -0.2) is 4.39 Å². The van der Waals surface area contributed by atoms with Crippen molar-refractivity contribution in [3.63, 3.8) is 0 Å². The van der Waals surface area contributed by atoms with Crippen LogP contribution in [-0.4, -0.2) is 33.4 Å². The van der Waals surface area contributed by atoms with Crippen molar-refractivity contribution in [1.82, 2.24) is 5.32 Å². The van der Waals surface area contributed by atoms with Crippen LogP contribution < -0.4 is 10.1 Å². The van der Waals surface area contributed by atoms with Gasteiger partial charge in [0.25, 0.3) is 5.91 Å². The molecule has 2 aromatic carbocycles. The summed E-state index contributed by atoms with van der Waals surface area (Å²) in [5.74, 6) is -1.67. The lowest BCUT2D eigenvalue weighted by Crippen LogP contribution is -2.53. The number of benzene rings is 2. The number of rotatable bonds is 4. The van der Waals surface area contributed by atoms with Crippen molar-refractivity contribution in [2.45, 2.75) is 38.5 Å². The first kappa shape index (κ1) is 20.4. The van der Waals surface area contributed by atoms with Gasteiger partial charge in [0, 0.05) is 22.8 Å². The summed E-state index contributed by atoms with van der Waals surface area (Å²) in [5, 5.41) is 25.0. The number of hydrogen-bond donors (Lipinski definition) is 2. The van der Waals surface area contributed by atoms with E-state index in [1.807, 2.05) is 0 Å². The molecule has 2 aromatic rings. The molecule has 9 heteroatoms. The molecule has 1 aliphatic heterocycles. The van der Waals surface area contributed by atoms with Gasteiger partial charge >= 0.3 is 5.69 Å². The average molecular weight is 402 g/mol. The molecule has 3 rings (SSSR count). The number of carbonyl (C=O) groups excluding carboxylic acids is 2. The monoisotopic (exact) mass is 402 g/mol. The number of ketones is 1. The Bertz CT molecular complexity index is 1000. The largest absolute Gasteiger partial charge is 0.478 e. The van der Waals surface area contributed by atoms with Crippen molar-refractivity contribution >= 4 is 17.4 Å². The standard InChI is InChI=1S/C20H19FN2O6/c1-10(24)12-8-14-16(22-19(26)11-4-6-13(21)7-5-11)18(25)20(2,3)29-17(14)15(9-12)23(27)28/h4-9,16,18,25H,1-3H3,(H,22,26). The fourth-order valence-corrected chi connectivity index (χ4v) is 3.19. The molecular formula is C20H19FN2O6. The molecule has 0 saturated carbocycles. The molecule has 152 valence electrons. The molecule has 0 spiro atoms. The predicted octanol–water partition coefficient (Wildman–Crippen LogP) is 2.94. The number of aliphatic hydroxyl groups is 1. The summed E-state index contributed by atoms with van der Waals surface area (Å²) in [6.07, 6.45) is -1.28. The molecule has 8 nitrogen and oxygen atoms in total. The molecule has 0 fully saturated rings. The Labute approximate surface area is 165 Å². The Morgan fingerprint density at radius 2 is 1.83 bits per heavy atom. The third-order valence-electron chi connectivity index (χ3n) is 4.82. The molecule has 2 unspecified atom stereocenters. The van der Waals surface area contributed by atoms with Gasteiger partial charge in [0.05, 0.1) is 11.0 Å². The van der Waals surface area contributed by atoms with Crippen LogP contribution in [0.2, 0.25) is 0 Å². The average Bonchev–Trinajstić information content (AvgIpc) is 2.64. The zero-order chi connectivity index (χ0) is 21.5. The van der Waals surface area contributed by atoms with Crippen LogP contribution in [0.5, 0.6) is 5.75 Å². The maximum absolute atomic E-state index is 13.1. The summed E-state index contributed by atoms with van der Waals surface area (Å²) >= 11 is 0. The molecular weight excluding hydrogens is 383 g/mol. The van der Waals surface area contributed by atoms with E-state index in [1.165, 1.54) is 39.0 Å². The van der Waals surface area contributed by atoms with Crippen LogP contribution in [0.4, 0.5) is 10.1 Å². The first-order chi connectivity index (χ1) is 13.5. The molecule has 1 aliphatic rings. The SMILES string of the molecule is CC(=O)c1cc2c(c([N+](=O)[O-])c1)OC(C)(C)C(O)C2NC(=O)c1ccc(F)cc1. The van der Waals surface area contributed by atoms with Gasteiger partial charge in [0.2, 0.25) is 5.75 Å². The lowest BCUT2D eigenvalue weighted by Gasteiger charge is -2.42. The van der Waals surface area contributed by atoms with E-state index in [1.54, 1.807) is 0 Å². The van der Waals surface area contributed by atoms with Gasteiger partial charge in [-0.1, -0.05) is 0 Å². The maximum Gasteiger partial charge on any atom is 0.312 e. The fourth-order valence-electron chi connectivity index (χ4n) is 3.19. The number of Topliss-reactive ketones (excluding diaryl/α,β-unsaturated/α-hetero) is 1. The highest BCUT2D eigenvalue weighted by atomic mass is 19.1.